The van der Waals surface area contributed by atoms with Gasteiger partial charge in [0.1, 0.15) is 13.0 Å². The molecule has 0 aliphatic carbocycles. The number of carbonyl (C=O) groups is 2. The molecule has 3 rings (SSSR count). The highest BCUT2D eigenvalue weighted by molar-refractivity contribution is 6.33. The Morgan fingerprint density at radius 1 is 0.973 bits per heavy atom. The highest BCUT2D eigenvalue weighted by atomic mass is 35.5. The third-order valence-corrected chi connectivity index (χ3v) is 5.72. The van der Waals surface area contributed by atoms with Crippen molar-refractivity contribution in [2.24, 2.45) is 5.10 Å². The molecule has 0 atom stereocenters. The van der Waals surface area contributed by atoms with Crippen LogP contribution in [0.1, 0.15) is 30.0 Å². The van der Waals surface area contributed by atoms with Gasteiger partial charge in [-0.25, -0.2) is 5.43 Å². The Morgan fingerprint density at radius 2 is 1.70 bits per heavy atom. The number of hydrazone groups is 1. The van der Waals surface area contributed by atoms with Crippen molar-refractivity contribution in [2.45, 2.75) is 26.4 Å². The van der Waals surface area contributed by atoms with E-state index in [1.807, 2.05) is 37.3 Å². The third-order valence-electron chi connectivity index (χ3n) is 5.02. The number of nitrogens with zero attached hydrogens (tertiary/aromatic N) is 1. The number of halogens is 2. The molecule has 0 fully saturated rings. The van der Waals surface area contributed by atoms with Gasteiger partial charge in [0.05, 0.1) is 23.5 Å². The molecule has 0 bridgehead atoms. The van der Waals surface area contributed by atoms with E-state index in [-0.39, 0.29) is 6.61 Å². The second-order valence-corrected chi connectivity index (χ2v) is 8.63. The van der Waals surface area contributed by atoms with E-state index in [0.29, 0.717) is 45.8 Å². The number of nitrogens with one attached hydrogen (secondary N) is 2. The molecule has 3 aromatic carbocycles. The molecule has 192 valence electrons. The summed E-state index contributed by atoms with van der Waals surface area (Å²) in [7, 11) is 0. The fraction of sp³-hybridized carbons (Fsp3) is 0.179. The molecule has 0 saturated carbocycles. The summed E-state index contributed by atoms with van der Waals surface area (Å²) in [6.45, 7) is 6.40. The van der Waals surface area contributed by atoms with E-state index in [9.17, 15) is 9.59 Å². The Hall–Kier alpha value is -3.81. The van der Waals surface area contributed by atoms with E-state index < -0.39 is 18.2 Å². The van der Waals surface area contributed by atoms with Crippen LogP contribution in [0.4, 0.5) is 5.69 Å². The second kappa shape index (κ2) is 14.1. The van der Waals surface area contributed by atoms with Gasteiger partial charge in [-0.05, 0) is 49.2 Å². The molecule has 0 radical (unpaired) electrons. The van der Waals surface area contributed by atoms with E-state index in [1.54, 1.807) is 36.4 Å². The second-order valence-electron chi connectivity index (χ2n) is 7.81. The Kier molecular flexibility index (Phi) is 10.6. The molecule has 0 aliphatic heterocycles. The third kappa shape index (κ3) is 8.37. The zero-order valence-corrected chi connectivity index (χ0v) is 21.8. The van der Waals surface area contributed by atoms with Crippen LogP contribution in [0, 0.1) is 0 Å². The number of anilines is 1. The lowest BCUT2D eigenvalue weighted by Gasteiger charge is -2.17. The number of benzene rings is 3. The molecule has 0 aromatic heterocycles. The van der Waals surface area contributed by atoms with Gasteiger partial charge < -0.3 is 14.8 Å². The number of allylic oxidation sites excluding steroid dienone is 1. The van der Waals surface area contributed by atoms with Crippen molar-refractivity contribution in [2.75, 3.05) is 11.9 Å². The van der Waals surface area contributed by atoms with Crippen molar-refractivity contribution in [3.63, 3.8) is 0 Å². The molecule has 0 unspecified atom stereocenters. The molecule has 2 amide bonds. The van der Waals surface area contributed by atoms with Crippen LogP contribution in [-0.4, -0.2) is 24.6 Å². The van der Waals surface area contributed by atoms with Gasteiger partial charge in [0, 0.05) is 16.1 Å². The average Bonchev–Trinajstić information content (AvgIpc) is 2.86. The maximum atomic E-state index is 12.2. The lowest BCUT2D eigenvalue weighted by Crippen LogP contribution is -2.24. The first-order valence-corrected chi connectivity index (χ1v) is 12.3. The fourth-order valence-electron chi connectivity index (χ4n) is 3.38. The maximum absolute atomic E-state index is 12.2. The minimum Gasteiger partial charge on any atom is -0.490 e. The minimum atomic E-state index is -0.572. The predicted octanol–water partition coefficient (Wildman–Crippen LogP) is 6.18. The van der Waals surface area contributed by atoms with E-state index in [2.05, 4.69) is 22.4 Å². The molecule has 0 saturated heterocycles. The molecule has 0 aliphatic rings. The first-order chi connectivity index (χ1) is 17.9. The molecule has 2 N–H and O–H groups in total. The van der Waals surface area contributed by atoms with E-state index >= 15 is 0 Å². The number of carbonyl (C=O) groups excluding carboxylic acids is 2. The minimum absolute atomic E-state index is 0.268. The summed E-state index contributed by atoms with van der Waals surface area (Å²) in [4.78, 5) is 24.3. The van der Waals surface area contributed by atoms with Crippen molar-refractivity contribution >= 4 is 46.9 Å². The van der Waals surface area contributed by atoms with Gasteiger partial charge in [0.15, 0.2) is 11.5 Å². The summed E-state index contributed by atoms with van der Waals surface area (Å²) in [6.07, 6.45) is 3.34. The molecular weight excluding hydrogens is 513 g/mol. The summed E-state index contributed by atoms with van der Waals surface area (Å²) in [5, 5.41) is 7.58. The number of amides is 2. The van der Waals surface area contributed by atoms with Crippen LogP contribution in [0.15, 0.2) is 78.4 Å². The molecule has 37 heavy (non-hydrogen) atoms. The van der Waals surface area contributed by atoms with Crippen molar-refractivity contribution in [3.05, 3.63) is 100 Å². The van der Waals surface area contributed by atoms with Crippen LogP contribution in [0.5, 0.6) is 11.5 Å². The van der Waals surface area contributed by atoms with Gasteiger partial charge in [0.25, 0.3) is 0 Å². The van der Waals surface area contributed by atoms with Crippen LogP contribution >= 0.6 is 23.2 Å². The van der Waals surface area contributed by atoms with Gasteiger partial charge >= 0.3 is 0 Å². The predicted molar refractivity (Wildman–Crippen MR) is 148 cm³/mol. The van der Waals surface area contributed by atoms with Crippen molar-refractivity contribution in [1.82, 2.24) is 5.43 Å². The van der Waals surface area contributed by atoms with E-state index in [1.165, 1.54) is 6.21 Å². The van der Waals surface area contributed by atoms with Gasteiger partial charge in [0.2, 0.25) is 11.8 Å². The van der Waals surface area contributed by atoms with Gasteiger partial charge in [-0.2, -0.15) is 5.10 Å². The largest absolute Gasteiger partial charge is 0.490 e. The van der Waals surface area contributed by atoms with Crippen molar-refractivity contribution in [1.29, 1.82) is 0 Å². The van der Waals surface area contributed by atoms with Crippen LogP contribution in [0.3, 0.4) is 0 Å². The number of ether oxygens (including phenoxy) is 2. The normalized spacial score (nSPS) is 10.7. The lowest BCUT2D eigenvalue weighted by molar-refractivity contribution is -0.126. The SMILES string of the molecule is C=CCc1cc(C=NNC(=O)CC(=O)Nc2ccccc2Cl)cc(OCC)c1OCc1ccccc1Cl. The monoisotopic (exact) mass is 539 g/mol. The van der Waals surface area contributed by atoms with E-state index in [0.717, 1.165) is 11.1 Å². The molecule has 9 heteroatoms. The molecule has 3 aromatic rings. The zero-order valence-electron chi connectivity index (χ0n) is 20.3. The molecule has 0 heterocycles. The van der Waals surface area contributed by atoms with Gasteiger partial charge in [-0.15, -0.1) is 6.58 Å². The average molecular weight is 540 g/mol. The summed E-state index contributed by atoms with van der Waals surface area (Å²) < 4.78 is 11.9. The standard InChI is InChI=1S/C28H27Cl2N3O4/c1-3-9-20-14-19(15-25(36-4-2)28(20)37-18-21-10-5-6-11-22(21)29)17-31-33-27(35)16-26(34)32-24-13-8-7-12-23(24)30/h3,5-8,10-15,17H,1,4,9,16,18H2,2H3,(H,32,34)(H,33,35). The Labute approximate surface area is 226 Å². The summed E-state index contributed by atoms with van der Waals surface area (Å²) >= 11 is 12.3. The van der Waals surface area contributed by atoms with Crippen LogP contribution in [0.2, 0.25) is 10.0 Å². The van der Waals surface area contributed by atoms with Crippen molar-refractivity contribution in [3.8, 4) is 11.5 Å². The number of hydrogen-bond donors (Lipinski definition) is 2. The Morgan fingerprint density at radius 3 is 2.41 bits per heavy atom. The Bertz CT molecular complexity index is 1290. The summed E-state index contributed by atoms with van der Waals surface area (Å²) in [5.41, 5.74) is 5.15. The number of para-hydroxylation sites is 1. The molecule has 0 spiro atoms. The quantitative estimate of drug-likeness (QED) is 0.124. The first kappa shape index (κ1) is 27.8. The van der Waals surface area contributed by atoms with Gasteiger partial charge in [-0.3, -0.25) is 9.59 Å². The molecule has 7 nitrogen and oxygen atoms in total. The number of hydrogen-bond acceptors (Lipinski definition) is 5. The van der Waals surface area contributed by atoms with Crippen LogP contribution in [0.25, 0.3) is 0 Å². The topological polar surface area (TPSA) is 89.0 Å². The van der Waals surface area contributed by atoms with Gasteiger partial charge in [-0.1, -0.05) is 59.6 Å². The fourth-order valence-corrected chi connectivity index (χ4v) is 3.75. The summed E-state index contributed by atoms with van der Waals surface area (Å²) in [5.74, 6) is 0.0319. The smallest absolute Gasteiger partial charge is 0.249 e. The lowest BCUT2D eigenvalue weighted by atomic mass is 10.1. The summed E-state index contributed by atoms with van der Waals surface area (Å²) in [6, 6.07) is 17.9. The Balaban J connectivity index is 1.69. The van der Waals surface area contributed by atoms with Crippen LogP contribution < -0.4 is 20.2 Å². The maximum Gasteiger partial charge on any atom is 0.249 e. The van der Waals surface area contributed by atoms with Crippen molar-refractivity contribution < 1.29 is 19.1 Å². The molecular formula is C28H27Cl2N3O4. The number of rotatable bonds is 12. The van der Waals surface area contributed by atoms with E-state index in [4.69, 9.17) is 32.7 Å². The first-order valence-electron chi connectivity index (χ1n) is 11.5. The zero-order chi connectivity index (χ0) is 26.6. The highest BCUT2D eigenvalue weighted by Crippen LogP contribution is 2.34. The van der Waals surface area contributed by atoms with Crippen LogP contribution in [-0.2, 0) is 22.6 Å². The highest BCUT2D eigenvalue weighted by Gasteiger charge is 2.14.